The van der Waals surface area contributed by atoms with Crippen molar-refractivity contribution in [1.82, 2.24) is 4.90 Å². The molecular weight excluding hydrogens is 345 g/mol. The number of thioether (sulfide) groups is 1. The van der Waals surface area contributed by atoms with Crippen LogP contribution in [0.25, 0.3) is 6.08 Å². The van der Waals surface area contributed by atoms with Gasteiger partial charge >= 0.3 is 5.97 Å². The van der Waals surface area contributed by atoms with Crippen LogP contribution in [0.15, 0.2) is 53.4 Å². The lowest BCUT2D eigenvalue weighted by molar-refractivity contribution is -0.123. The van der Waals surface area contributed by atoms with Crippen LogP contribution in [0.4, 0.5) is 9.18 Å². The van der Waals surface area contributed by atoms with Crippen LogP contribution in [0.1, 0.15) is 21.5 Å². The molecule has 25 heavy (non-hydrogen) atoms. The van der Waals surface area contributed by atoms with Crippen molar-refractivity contribution in [2.45, 2.75) is 6.54 Å². The molecule has 0 atom stereocenters. The molecule has 126 valence electrons. The number of rotatable bonds is 4. The summed E-state index contributed by atoms with van der Waals surface area (Å²) in [4.78, 5) is 36.5. The zero-order valence-electron chi connectivity index (χ0n) is 12.8. The van der Waals surface area contributed by atoms with E-state index in [1.807, 2.05) is 0 Å². The molecule has 0 radical (unpaired) electrons. The summed E-state index contributed by atoms with van der Waals surface area (Å²) in [7, 11) is 0. The number of hydrogen-bond donors (Lipinski definition) is 1. The first-order valence-electron chi connectivity index (χ1n) is 7.28. The van der Waals surface area contributed by atoms with Crippen molar-refractivity contribution in [1.29, 1.82) is 0 Å². The molecule has 0 aliphatic carbocycles. The van der Waals surface area contributed by atoms with Gasteiger partial charge in [0.1, 0.15) is 5.82 Å². The van der Waals surface area contributed by atoms with Gasteiger partial charge in [0.05, 0.1) is 17.0 Å². The standard InChI is InChI=1S/C18H12FNO4S/c19-14-4-2-1-3-13(14)10-20-16(21)15(25-18(20)24)9-11-5-7-12(8-6-11)17(22)23/h1-9H,10H2,(H,22,23)/b15-9+. The quantitative estimate of drug-likeness (QED) is 0.844. The van der Waals surface area contributed by atoms with Crippen LogP contribution in [0, 0.1) is 5.82 Å². The highest BCUT2D eigenvalue weighted by Crippen LogP contribution is 2.33. The molecule has 2 aromatic rings. The van der Waals surface area contributed by atoms with E-state index in [0.717, 1.165) is 16.7 Å². The Balaban J connectivity index is 1.81. The monoisotopic (exact) mass is 357 g/mol. The van der Waals surface area contributed by atoms with Crippen LogP contribution in [-0.4, -0.2) is 27.1 Å². The van der Waals surface area contributed by atoms with Gasteiger partial charge in [-0.1, -0.05) is 30.3 Å². The molecule has 1 fully saturated rings. The molecule has 0 bridgehead atoms. The van der Waals surface area contributed by atoms with E-state index in [0.29, 0.717) is 5.56 Å². The van der Waals surface area contributed by atoms with E-state index >= 15 is 0 Å². The van der Waals surface area contributed by atoms with Crippen LogP contribution >= 0.6 is 11.8 Å². The van der Waals surface area contributed by atoms with E-state index in [4.69, 9.17) is 5.11 Å². The number of nitrogens with zero attached hydrogens (tertiary/aromatic N) is 1. The second-order valence-electron chi connectivity index (χ2n) is 5.29. The summed E-state index contributed by atoms with van der Waals surface area (Å²) >= 11 is 0.772. The number of carboxylic acid groups (broad SMARTS) is 1. The average molecular weight is 357 g/mol. The largest absolute Gasteiger partial charge is 0.478 e. The SMILES string of the molecule is O=C(O)c1ccc(/C=C2/SC(=O)N(Cc3ccccc3F)C2=O)cc1. The minimum Gasteiger partial charge on any atom is -0.478 e. The Morgan fingerprint density at radius 2 is 1.80 bits per heavy atom. The third-order valence-electron chi connectivity index (χ3n) is 3.62. The van der Waals surface area contributed by atoms with E-state index in [9.17, 15) is 18.8 Å². The molecule has 3 rings (SSSR count). The minimum absolute atomic E-state index is 0.129. The number of carboxylic acids is 1. The second kappa shape index (κ2) is 6.90. The van der Waals surface area contributed by atoms with Crippen molar-refractivity contribution in [3.63, 3.8) is 0 Å². The van der Waals surface area contributed by atoms with E-state index < -0.39 is 22.9 Å². The van der Waals surface area contributed by atoms with Gasteiger partial charge < -0.3 is 5.11 Å². The maximum absolute atomic E-state index is 13.7. The predicted molar refractivity (Wildman–Crippen MR) is 91.3 cm³/mol. The highest BCUT2D eigenvalue weighted by atomic mass is 32.2. The normalized spacial score (nSPS) is 15.9. The Bertz CT molecular complexity index is 892. The van der Waals surface area contributed by atoms with Crippen LogP contribution in [0.5, 0.6) is 0 Å². The van der Waals surface area contributed by atoms with Gasteiger partial charge in [0, 0.05) is 5.56 Å². The lowest BCUT2D eigenvalue weighted by atomic mass is 10.1. The lowest BCUT2D eigenvalue weighted by Gasteiger charge is -2.12. The van der Waals surface area contributed by atoms with Gasteiger partial charge in [-0.3, -0.25) is 14.5 Å². The zero-order chi connectivity index (χ0) is 18.0. The van der Waals surface area contributed by atoms with Crippen molar-refractivity contribution in [2.24, 2.45) is 0 Å². The maximum atomic E-state index is 13.7. The lowest BCUT2D eigenvalue weighted by Crippen LogP contribution is -2.27. The highest BCUT2D eigenvalue weighted by Gasteiger charge is 2.35. The molecule has 7 heteroatoms. The summed E-state index contributed by atoms with van der Waals surface area (Å²) in [5.74, 6) is -2.02. The number of benzene rings is 2. The summed E-state index contributed by atoms with van der Waals surface area (Å²) in [5.41, 5.74) is 0.989. The number of amides is 2. The van der Waals surface area contributed by atoms with Crippen molar-refractivity contribution >= 4 is 35.0 Å². The molecule has 0 unspecified atom stereocenters. The fraction of sp³-hybridized carbons (Fsp3) is 0.0556. The fourth-order valence-electron chi connectivity index (χ4n) is 2.31. The number of carbonyl (C=O) groups excluding carboxylic acids is 2. The van der Waals surface area contributed by atoms with Crippen molar-refractivity contribution < 1.29 is 23.9 Å². The molecule has 1 aliphatic heterocycles. The molecule has 0 aromatic heterocycles. The Morgan fingerprint density at radius 1 is 1.12 bits per heavy atom. The van der Waals surface area contributed by atoms with Crippen LogP contribution in [0.3, 0.4) is 0 Å². The van der Waals surface area contributed by atoms with Crippen LogP contribution in [-0.2, 0) is 11.3 Å². The topological polar surface area (TPSA) is 74.7 Å². The molecule has 0 saturated carbocycles. The summed E-state index contributed by atoms with van der Waals surface area (Å²) in [6, 6.07) is 11.9. The third-order valence-corrected chi connectivity index (χ3v) is 4.52. The fourth-order valence-corrected chi connectivity index (χ4v) is 3.14. The molecule has 0 spiro atoms. The maximum Gasteiger partial charge on any atom is 0.335 e. The Morgan fingerprint density at radius 3 is 2.44 bits per heavy atom. The minimum atomic E-state index is -1.04. The Labute approximate surface area is 146 Å². The van der Waals surface area contributed by atoms with Gasteiger partial charge in [0.2, 0.25) is 0 Å². The van der Waals surface area contributed by atoms with E-state index in [-0.39, 0.29) is 22.6 Å². The molecule has 2 aromatic carbocycles. The summed E-state index contributed by atoms with van der Waals surface area (Å²) < 4.78 is 13.7. The molecule has 5 nitrogen and oxygen atoms in total. The summed E-state index contributed by atoms with van der Waals surface area (Å²) in [6.45, 7) is -0.132. The number of imide groups is 1. The summed E-state index contributed by atoms with van der Waals surface area (Å²) in [6.07, 6.45) is 1.51. The van der Waals surface area contributed by atoms with Crippen molar-refractivity contribution in [2.75, 3.05) is 0 Å². The Hall–Kier alpha value is -2.93. The number of halogens is 1. The first-order chi connectivity index (χ1) is 12.0. The number of carbonyl (C=O) groups is 3. The average Bonchev–Trinajstić information content (AvgIpc) is 2.85. The van der Waals surface area contributed by atoms with E-state index in [2.05, 4.69) is 0 Å². The van der Waals surface area contributed by atoms with Crippen molar-refractivity contribution in [3.8, 4) is 0 Å². The van der Waals surface area contributed by atoms with Gasteiger partial charge in [0.15, 0.2) is 0 Å². The number of aromatic carboxylic acids is 1. The second-order valence-corrected chi connectivity index (χ2v) is 6.28. The molecule has 1 aliphatic rings. The van der Waals surface area contributed by atoms with Gasteiger partial charge in [-0.25, -0.2) is 9.18 Å². The predicted octanol–water partition coefficient (Wildman–Crippen LogP) is 3.76. The molecule has 2 amide bonds. The third kappa shape index (κ3) is 3.61. The smallest absolute Gasteiger partial charge is 0.335 e. The van der Waals surface area contributed by atoms with Crippen LogP contribution in [0.2, 0.25) is 0 Å². The van der Waals surface area contributed by atoms with Gasteiger partial charge in [-0.05, 0) is 41.6 Å². The van der Waals surface area contributed by atoms with Gasteiger partial charge in [-0.15, -0.1) is 0 Å². The van der Waals surface area contributed by atoms with E-state index in [1.54, 1.807) is 18.2 Å². The molecule has 1 saturated heterocycles. The van der Waals surface area contributed by atoms with Gasteiger partial charge in [0.25, 0.3) is 11.1 Å². The molecule has 1 N–H and O–H groups in total. The van der Waals surface area contributed by atoms with E-state index in [1.165, 1.54) is 36.4 Å². The molecular formula is C18H12FNO4S. The molecule has 1 heterocycles. The number of hydrogen-bond acceptors (Lipinski definition) is 4. The Kier molecular flexibility index (Phi) is 4.67. The van der Waals surface area contributed by atoms with Crippen LogP contribution < -0.4 is 0 Å². The first kappa shape index (κ1) is 16.9. The first-order valence-corrected chi connectivity index (χ1v) is 8.09. The van der Waals surface area contributed by atoms with Gasteiger partial charge in [-0.2, -0.15) is 0 Å². The summed E-state index contributed by atoms with van der Waals surface area (Å²) in [5, 5.41) is 8.41. The highest BCUT2D eigenvalue weighted by molar-refractivity contribution is 8.18. The van der Waals surface area contributed by atoms with Crippen molar-refractivity contribution in [3.05, 3.63) is 75.9 Å². The zero-order valence-corrected chi connectivity index (χ0v) is 13.6.